The highest BCUT2D eigenvalue weighted by Gasteiger charge is 2.47. The number of benzene rings is 9. The molecule has 2 aliphatic rings. The van der Waals surface area contributed by atoms with Gasteiger partial charge in [0.2, 0.25) is 0 Å². The lowest BCUT2D eigenvalue weighted by atomic mass is 9.67. The van der Waals surface area contributed by atoms with Crippen molar-refractivity contribution in [1.82, 2.24) is 0 Å². The molecule has 0 fully saturated rings. The highest BCUT2D eigenvalue weighted by atomic mass is 16.3. The smallest absolute Gasteiger partial charge is 0.143 e. The minimum absolute atomic E-state index is 0.0734. The lowest BCUT2D eigenvalue weighted by Gasteiger charge is -2.34. The Balaban J connectivity index is 1.07. The molecule has 0 amide bonds. The van der Waals surface area contributed by atoms with E-state index in [0.29, 0.717) is 0 Å². The lowest BCUT2D eigenvalue weighted by Crippen LogP contribution is -2.28. The van der Waals surface area contributed by atoms with E-state index in [9.17, 15) is 0 Å². The largest absolute Gasteiger partial charge is 0.455 e. The average molecular weight is 834 g/mol. The predicted molar refractivity (Wildman–Crippen MR) is 274 cm³/mol. The number of anilines is 3. The van der Waals surface area contributed by atoms with Crippen LogP contribution in [0.1, 0.15) is 54.2 Å². The molecule has 0 radical (unpaired) electrons. The zero-order valence-corrected chi connectivity index (χ0v) is 36.8. The van der Waals surface area contributed by atoms with Crippen LogP contribution in [0.25, 0.3) is 60.5 Å². The second-order valence-corrected chi connectivity index (χ2v) is 18.1. The van der Waals surface area contributed by atoms with Gasteiger partial charge in [-0.1, -0.05) is 202 Å². The molecule has 0 spiro atoms. The monoisotopic (exact) mass is 833 g/mol. The van der Waals surface area contributed by atoms with Gasteiger partial charge in [0.1, 0.15) is 11.2 Å². The summed E-state index contributed by atoms with van der Waals surface area (Å²) < 4.78 is 6.95. The van der Waals surface area contributed by atoms with E-state index in [2.05, 4.69) is 239 Å². The van der Waals surface area contributed by atoms with Crippen LogP contribution in [0.15, 0.2) is 235 Å². The maximum Gasteiger partial charge on any atom is 0.143 e. The van der Waals surface area contributed by atoms with Crippen molar-refractivity contribution in [3.05, 3.63) is 264 Å². The molecule has 0 bridgehead atoms. The van der Waals surface area contributed by atoms with Crippen LogP contribution in [0.4, 0.5) is 17.1 Å². The van der Waals surface area contributed by atoms with Crippen molar-refractivity contribution in [2.45, 2.75) is 31.6 Å². The average Bonchev–Trinajstić information content (AvgIpc) is 3.94. The van der Waals surface area contributed by atoms with Crippen LogP contribution in [-0.2, 0) is 10.8 Å². The van der Waals surface area contributed by atoms with Gasteiger partial charge < -0.3 is 9.32 Å². The molecule has 2 nitrogen and oxygen atoms in total. The quantitative estimate of drug-likeness (QED) is 0.142. The molecule has 0 atom stereocenters. The highest BCUT2D eigenvalue weighted by molar-refractivity contribution is 6.13. The molecule has 12 rings (SSSR count). The summed E-state index contributed by atoms with van der Waals surface area (Å²) in [6, 6.07) is 73.6. The molecule has 0 unspecified atom stereocenters. The minimum Gasteiger partial charge on any atom is -0.455 e. The van der Waals surface area contributed by atoms with E-state index in [1.807, 2.05) is 12.2 Å². The normalized spacial score (nSPS) is 14.6. The molecule has 9 aromatic carbocycles. The summed E-state index contributed by atoms with van der Waals surface area (Å²) in [5, 5.41) is 4.63. The van der Waals surface area contributed by atoms with Crippen molar-refractivity contribution in [3.63, 3.8) is 0 Å². The van der Waals surface area contributed by atoms with E-state index in [1.54, 1.807) is 0 Å². The summed E-state index contributed by atoms with van der Waals surface area (Å²) in [7, 11) is 0. The summed E-state index contributed by atoms with van der Waals surface area (Å²) in [4.78, 5) is 2.44. The van der Waals surface area contributed by atoms with E-state index in [-0.39, 0.29) is 5.41 Å². The van der Waals surface area contributed by atoms with Crippen LogP contribution >= 0.6 is 0 Å². The number of nitrogens with zero attached hydrogens (tertiary/aromatic N) is 1. The minimum atomic E-state index is -0.577. The second-order valence-electron chi connectivity index (χ2n) is 18.1. The number of fused-ring (bicyclic) bond motifs is 9. The third-order valence-corrected chi connectivity index (χ3v) is 14.5. The molecule has 0 aliphatic heterocycles. The van der Waals surface area contributed by atoms with E-state index in [4.69, 9.17) is 4.42 Å². The van der Waals surface area contributed by atoms with Crippen molar-refractivity contribution < 1.29 is 4.42 Å². The van der Waals surface area contributed by atoms with Crippen LogP contribution in [0.2, 0.25) is 0 Å². The van der Waals surface area contributed by atoms with Crippen molar-refractivity contribution in [3.8, 4) is 22.3 Å². The summed E-state index contributed by atoms with van der Waals surface area (Å²) >= 11 is 0. The topological polar surface area (TPSA) is 16.4 Å². The zero-order chi connectivity index (χ0) is 43.9. The van der Waals surface area contributed by atoms with E-state index in [0.717, 1.165) is 44.6 Å². The van der Waals surface area contributed by atoms with Gasteiger partial charge in [-0.15, -0.1) is 0 Å². The van der Waals surface area contributed by atoms with Crippen molar-refractivity contribution in [1.29, 1.82) is 0 Å². The fourth-order valence-corrected chi connectivity index (χ4v) is 11.1. The van der Waals surface area contributed by atoms with Gasteiger partial charge in [0, 0.05) is 38.5 Å². The number of para-hydroxylation sites is 1. The zero-order valence-electron chi connectivity index (χ0n) is 36.8. The van der Waals surface area contributed by atoms with Crippen LogP contribution in [0.3, 0.4) is 0 Å². The van der Waals surface area contributed by atoms with Gasteiger partial charge >= 0.3 is 0 Å². The summed E-state index contributed by atoms with van der Waals surface area (Å²) in [5.74, 6) is 0. The first-order valence-corrected chi connectivity index (χ1v) is 22.6. The fourth-order valence-electron chi connectivity index (χ4n) is 11.1. The molecule has 0 saturated heterocycles. The molecule has 1 heterocycles. The number of furan rings is 1. The first-order valence-electron chi connectivity index (χ1n) is 22.6. The Kier molecular flexibility index (Phi) is 8.83. The third-order valence-electron chi connectivity index (χ3n) is 14.5. The Morgan fingerprint density at radius 2 is 1.17 bits per heavy atom. The third kappa shape index (κ3) is 5.73. The van der Waals surface area contributed by atoms with Crippen LogP contribution in [0, 0.1) is 0 Å². The number of hydrogen-bond acceptors (Lipinski definition) is 2. The summed E-state index contributed by atoms with van der Waals surface area (Å²) in [5.41, 5.74) is 19.4. The molecular formula is C63H47NO. The maximum absolute atomic E-state index is 6.95. The van der Waals surface area contributed by atoms with Crippen LogP contribution in [0.5, 0.6) is 0 Å². The number of hydrogen-bond donors (Lipinski definition) is 0. The number of rotatable bonds is 8. The first kappa shape index (κ1) is 38.7. The fraction of sp³-hybridized carbons (Fsp3) is 0.0794. The first-order chi connectivity index (χ1) is 31.9. The van der Waals surface area contributed by atoms with Gasteiger partial charge in [-0.2, -0.15) is 0 Å². The van der Waals surface area contributed by atoms with Gasteiger partial charge in [-0.25, -0.2) is 0 Å². The molecule has 0 saturated carbocycles. The molecule has 2 heteroatoms. The molecule has 65 heavy (non-hydrogen) atoms. The van der Waals surface area contributed by atoms with Crippen molar-refractivity contribution in [2.24, 2.45) is 0 Å². The Morgan fingerprint density at radius 1 is 0.523 bits per heavy atom. The predicted octanol–water partition coefficient (Wildman–Crippen LogP) is 17.0. The standard InChI is InChI=1S/C63H47NO/c1-5-6-24-49-41(2)62(3,4)57-39-44(31-35-51(49)57)42-29-32-47(33-30-42)64(58-27-17-19-43-18-13-14-25-50(43)58)48-34-37-55-54(40-48)60-56(38-36-53-52-26-15-16-28-59(52)65-61(53)60)63(55,45-20-9-7-10-21-45)46-22-11-8-12-23-46/h5-40H,1H2,2-4H3/b24-6-. The van der Waals surface area contributed by atoms with E-state index in [1.165, 1.54) is 72.0 Å². The van der Waals surface area contributed by atoms with Crippen LogP contribution < -0.4 is 4.90 Å². The molecule has 10 aromatic rings. The summed E-state index contributed by atoms with van der Waals surface area (Å²) in [6.45, 7) is 10.9. The van der Waals surface area contributed by atoms with E-state index >= 15 is 0 Å². The second kappa shape index (κ2) is 14.8. The molecule has 1 aromatic heterocycles. The molecule has 2 aliphatic carbocycles. The highest BCUT2D eigenvalue weighted by Crippen LogP contribution is 2.59. The molecule has 0 N–H and O–H groups in total. The van der Waals surface area contributed by atoms with Crippen LogP contribution in [-0.4, -0.2) is 0 Å². The van der Waals surface area contributed by atoms with Gasteiger partial charge in [0.25, 0.3) is 0 Å². The Morgan fingerprint density at radius 3 is 1.92 bits per heavy atom. The van der Waals surface area contributed by atoms with Gasteiger partial charge in [0.15, 0.2) is 0 Å². The van der Waals surface area contributed by atoms with E-state index < -0.39 is 5.41 Å². The van der Waals surface area contributed by atoms with Gasteiger partial charge in [-0.05, 0) is 110 Å². The Hall–Kier alpha value is -7.94. The Bertz CT molecular complexity index is 3540. The maximum atomic E-state index is 6.95. The van der Waals surface area contributed by atoms with Gasteiger partial charge in [-0.3, -0.25) is 0 Å². The van der Waals surface area contributed by atoms with Crippen molar-refractivity contribution in [2.75, 3.05) is 4.90 Å². The lowest BCUT2D eigenvalue weighted by molar-refractivity contribution is 0.639. The Labute approximate surface area is 380 Å². The summed E-state index contributed by atoms with van der Waals surface area (Å²) in [6.07, 6.45) is 6.10. The molecular weight excluding hydrogens is 787 g/mol. The van der Waals surface area contributed by atoms with Gasteiger partial charge in [0.05, 0.1) is 11.1 Å². The molecule has 310 valence electrons. The van der Waals surface area contributed by atoms with Crippen molar-refractivity contribution >= 4 is 55.3 Å². The SMILES string of the molecule is C=C/C=C\C1=C(C)C(C)(C)c2cc(-c3ccc(N(c4ccc5c(c4)-c4c(ccc6c4oc4ccccc46)C5(c4ccccc4)c4ccccc4)c4cccc5ccccc45)cc3)ccc21. The number of allylic oxidation sites excluding steroid dienone is 5.